The molecule has 0 fully saturated rings. The molecule has 0 nitrogen and oxygen atoms in total. The van der Waals surface area contributed by atoms with Crippen LogP contribution in [-0.4, -0.2) is 7.25 Å². The summed E-state index contributed by atoms with van der Waals surface area (Å²) in [6.45, 7) is 0. The van der Waals surface area contributed by atoms with Crippen LogP contribution in [0.3, 0.4) is 0 Å². The lowest BCUT2D eigenvalue weighted by Gasteiger charge is -1.94. The molecule has 1 rings (SSSR count). The molecule has 0 aromatic heterocycles. The highest BCUT2D eigenvalue weighted by Gasteiger charge is 2.20. The minimum atomic E-state index is -6.00. The Balaban J connectivity index is 0.000000292. The molecular formula is C7H8BClF4S. The Bertz CT molecular complexity index is 255. The van der Waals surface area contributed by atoms with Gasteiger partial charge >= 0.3 is 7.25 Å². The van der Waals surface area contributed by atoms with E-state index >= 15 is 0 Å². The maximum Gasteiger partial charge on any atom is 0.673 e. The summed E-state index contributed by atoms with van der Waals surface area (Å²) in [6.07, 6.45) is 0. The SMILES string of the molecule is F[B-](F)(F)F.[SH2+]Cc1ccc(Cl)cc1. The first-order valence-electron chi connectivity index (χ1n) is 3.59. The number of rotatable bonds is 1. The smallest absolute Gasteiger partial charge is 0.418 e. The van der Waals surface area contributed by atoms with Gasteiger partial charge in [0.05, 0.1) is 0 Å². The van der Waals surface area contributed by atoms with Gasteiger partial charge in [-0.05, 0) is 24.8 Å². The highest BCUT2D eigenvalue weighted by Crippen LogP contribution is 2.09. The van der Waals surface area contributed by atoms with Crippen molar-refractivity contribution in [2.24, 2.45) is 0 Å². The van der Waals surface area contributed by atoms with E-state index in [1.54, 1.807) is 0 Å². The van der Waals surface area contributed by atoms with Crippen LogP contribution in [-0.2, 0) is 18.4 Å². The second kappa shape index (κ2) is 6.19. The van der Waals surface area contributed by atoms with Gasteiger partial charge in [0, 0.05) is 10.6 Å². The molecule has 0 saturated carbocycles. The third kappa shape index (κ3) is 9.73. The zero-order chi connectivity index (χ0) is 11.2. The van der Waals surface area contributed by atoms with Gasteiger partial charge < -0.3 is 17.3 Å². The van der Waals surface area contributed by atoms with Gasteiger partial charge in [0.1, 0.15) is 5.75 Å². The molecule has 80 valence electrons. The molecule has 7 heteroatoms. The van der Waals surface area contributed by atoms with Gasteiger partial charge in [-0.15, -0.1) is 0 Å². The molecule has 1 aromatic rings. The molecule has 0 bridgehead atoms. The van der Waals surface area contributed by atoms with E-state index in [0.29, 0.717) is 0 Å². The van der Waals surface area contributed by atoms with Gasteiger partial charge in [0.15, 0.2) is 0 Å². The average molecular weight is 246 g/mol. The monoisotopic (exact) mass is 246 g/mol. The van der Waals surface area contributed by atoms with Crippen molar-refractivity contribution in [3.05, 3.63) is 34.9 Å². The standard InChI is InChI=1S/C7H7ClS.BF4/c8-7-3-1-6(5-9)2-4-7;2-1(3,4)5/h1-4,9H,5H2;/q;-1/p+1. The number of benzene rings is 1. The highest BCUT2D eigenvalue weighted by molar-refractivity contribution is 7.57. The van der Waals surface area contributed by atoms with Crippen LogP contribution in [0.5, 0.6) is 0 Å². The van der Waals surface area contributed by atoms with E-state index in [-0.39, 0.29) is 0 Å². The number of hydrogen-bond acceptors (Lipinski definition) is 0. The molecule has 0 aliphatic heterocycles. The van der Waals surface area contributed by atoms with Crippen LogP contribution in [0.25, 0.3) is 0 Å². The van der Waals surface area contributed by atoms with Crippen LogP contribution in [0.2, 0.25) is 5.02 Å². The van der Waals surface area contributed by atoms with Crippen molar-refractivity contribution < 1.29 is 17.3 Å². The lowest BCUT2D eigenvalue weighted by molar-refractivity contribution is 0.368. The van der Waals surface area contributed by atoms with Crippen LogP contribution in [0, 0.1) is 0 Å². The molecule has 0 heterocycles. The Morgan fingerprint density at radius 1 is 1.07 bits per heavy atom. The summed E-state index contributed by atoms with van der Waals surface area (Å²) in [7, 11) is -6.00. The van der Waals surface area contributed by atoms with Crippen LogP contribution < -0.4 is 0 Å². The lowest BCUT2D eigenvalue weighted by Crippen LogP contribution is -2.02. The maximum atomic E-state index is 9.75. The van der Waals surface area contributed by atoms with Crippen molar-refractivity contribution in [1.82, 2.24) is 0 Å². The van der Waals surface area contributed by atoms with E-state index < -0.39 is 7.25 Å². The van der Waals surface area contributed by atoms with Crippen LogP contribution in [0.4, 0.5) is 17.3 Å². The van der Waals surface area contributed by atoms with E-state index in [4.69, 9.17) is 11.6 Å². The Labute approximate surface area is 89.8 Å². The Morgan fingerprint density at radius 3 is 1.71 bits per heavy atom. The molecule has 0 aliphatic rings. The molecule has 0 radical (unpaired) electrons. The molecule has 1 aromatic carbocycles. The molecule has 0 unspecified atom stereocenters. The third-order valence-corrected chi connectivity index (χ3v) is 1.78. The van der Waals surface area contributed by atoms with E-state index in [1.165, 1.54) is 5.56 Å². The first-order valence-corrected chi connectivity index (χ1v) is 4.68. The molecular weight excluding hydrogens is 238 g/mol. The van der Waals surface area contributed by atoms with Gasteiger partial charge in [0.25, 0.3) is 0 Å². The first kappa shape index (κ1) is 13.6. The van der Waals surface area contributed by atoms with Crippen molar-refractivity contribution in [1.29, 1.82) is 0 Å². The van der Waals surface area contributed by atoms with E-state index in [0.717, 1.165) is 10.8 Å². The number of hydrogen-bond donors (Lipinski definition) is 0. The van der Waals surface area contributed by atoms with Gasteiger partial charge in [0.2, 0.25) is 0 Å². The Kier molecular flexibility index (Phi) is 6.03. The third-order valence-electron chi connectivity index (χ3n) is 1.12. The van der Waals surface area contributed by atoms with Crippen LogP contribution in [0.1, 0.15) is 5.56 Å². The largest absolute Gasteiger partial charge is 0.673 e. The normalized spacial score (nSPS) is 10.4. The predicted octanol–water partition coefficient (Wildman–Crippen LogP) is 3.15. The summed E-state index contributed by atoms with van der Waals surface area (Å²) < 4.78 is 39.0. The average Bonchev–Trinajstić information content (AvgIpc) is 2.03. The summed E-state index contributed by atoms with van der Waals surface area (Å²) in [4.78, 5) is 0. The van der Waals surface area contributed by atoms with Gasteiger partial charge in [-0.1, -0.05) is 23.7 Å². The molecule has 0 spiro atoms. The van der Waals surface area contributed by atoms with Gasteiger partial charge in [-0.2, -0.15) is 0 Å². The van der Waals surface area contributed by atoms with Crippen LogP contribution >= 0.6 is 11.6 Å². The van der Waals surface area contributed by atoms with Gasteiger partial charge in [-0.3, -0.25) is 0 Å². The van der Waals surface area contributed by atoms with Crippen molar-refractivity contribution in [2.75, 3.05) is 0 Å². The Hall–Kier alpha value is -0.355. The molecule has 14 heavy (non-hydrogen) atoms. The van der Waals surface area contributed by atoms with Crippen molar-refractivity contribution >= 4 is 31.5 Å². The quantitative estimate of drug-likeness (QED) is 0.406. The van der Waals surface area contributed by atoms with Crippen molar-refractivity contribution in [3.8, 4) is 0 Å². The first-order chi connectivity index (χ1) is 6.33. The topological polar surface area (TPSA) is 0 Å². The molecule has 0 amide bonds. The maximum absolute atomic E-state index is 9.75. The molecule has 0 N–H and O–H groups in total. The minimum absolute atomic E-state index is 0.791. The minimum Gasteiger partial charge on any atom is -0.418 e. The second-order valence-electron chi connectivity index (χ2n) is 2.30. The molecule has 0 aliphatic carbocycles. The second-order valence-corrected chi connectivity index (χ2v) is 3.09. The van der Waals surface area contributed by atoms with E-state index in [1.807, 2.05) is 24.3 Å². The van der Waals surface area contributed by atoms with Crippen LogP contribution in [0.15, 0.2) is 24.3 Å². The summed E-state index contributed by atoms with van der Waals surface area (Å²) >= 11 is 9.04. The summed E-state index contributed by atoms with van der Waals surface area (Å²) in [5.41, 5.74) is 1.25. The summed E-state index contributed by atoms with van der Waals surface area (Å²) in [5, 5.41) is 0.791. The van der Waals surface area contributed by atoms with Crippen molar-refractivity contribution in [2.45, 2.75) is 5.75 Å². The fourth-order valence-corrected chi connectivity index (χ4v) is 0.964. The fraction of sp³-hybridized carbons (Fsp3) is 0.143. The highest BCUT2D eigenvalue weighted by atomic mass is 35.5. The fourth-order valence-electron chi connectivity index (χ4n) is 0.602. The summed E-state index contributed by atoms with van der Waals surface area (Å²) in [6, 6.07) is 7.76. The molecule has 0 atom stereocenters. The van der Waals surface area contributed by atoms with Crippen molar-refractivity contribution in [3.63, 3.8) is 0 Å². The van der Waals surface area contributed by atoms with E-state index in [2.05, 4.69) is 12.6 Å². The molecule has 0 saturated heterocycles. The number of halogens is 5. The Morgan fingerprint density at radius 2 is 1.43 bits per heavy atom. The summed E-state index contributed by atoms with van der Waals surface area (Å²) in [5.74, 6) is 0.886. The van der Waals surface area contributed by atoms with Gasteiger partial charge in [-0.25, -0.2) is 0 Å². The zero-order valence-electron chi connectivity index (χ0n) is 6.98. The lowest BCUT2D eigenvalue weighted by atomic mass is 10.2. The predicted molar refractivity (Wildman–Crippen MR) is 55.5 cm³/mol. The van der Waals surface area contributed by atoms with E-state index in [9.17, 15) is 17.3 Å². The zero-order valence-corrected chi connectivity index (χ0v) is 8.74.